The summed E-state index contributed by atoms with van der Waals surface area (Å²) >= 11 is 0. The predicted octanol–water partition coefficient (Wildman–Crippen LogP) is 1.85. The Kier molecular flexibility index (Phi) is 5.22. The van der Waals surface area contributed by atoms with E-state index in [1.165, 1.54) is 6.08 Å². The highest BCUT2D eigenvalue weighted by Gasteiger charge is 2.01. The van der Waals surface area contributed by atoms with Gasteiger partial charge in [0.25, 0.3) is 0 Å². The maximum atomic E-state index is 12.5. The monoisotopic (exact) mass is 145 g/mol. The Balaban J connectivity index is 3.25. The standard InChI is InChI=1S/C8H16FN/c1-4-8(9)6-7-10(3)5-2/h4,8H,1,5-7H2,2-3H3. The van der Waals surface area contributed by atoms with Gasteiger partial charge >= 0.3 is 0 Å². The summed E-state index contributed by atoms with van der Waals surface area (Å²) in [6.07, 6.45) is 1.08. The van der Waals surface area contributed by atoms with E-state index in [9.17, 15) is 4.39 Å². The van der Waals surface area contributed by atoms with E-state index in [1.807, 2.05) is 7.05 Å². The number of hydrogen-bond acceptors (Lipinski definition) is 1. The topological polar surface area (TPSA) is 3.24 Å². The van der Waals surface area contributed by atoms with Crippen LogP contribution in [-0.4, -0.2) is 31.2 Å². The molecule has 0 radical (unpaired) electrons. The molecule has 0 fully saturated rings. The zero-order chi connectivity index (χ0) is 7.98. The molecule has 2 heteroatoms. The Morgan fingerprint density at radius 3 is 2.70 bits per heavy atom. The molecule has 0 aliphatic heterocycles. The summed E-state index contributed by atoms with van der Waals surface area (Å²) in [4.78, 5) is 2.08. The Labute approximate surface area is 62.5 Å². The van der Waals surface area contributed by atoms with Gasteiger partial charge in [0.05, 0.1) is 0 Å². The smallest absolute Gasteiger partial charge is 0.119 e. The molecule has 0 aliphatic carbocycles. The molecule has 0 saturated heterocycles. The Morgan fingerprint density at radius 2 is 2.30 bits per heavy atom. The van der Waals surface area contributed by atoms with Crippen LogP contribution in [0, 0.1) is 0 Å². The van der Waals surface area contributed by atoms with Gasteiger partial charge in [0.2, 0.25) is 0 Å². The second-order valence-electron chi connectivity index (χ2n) is 2.44. The SMILES string of the molecule is C=CC(F)CCN(C)CC. The second kappa shape index (κ2) is 5.42. The Bertz CT molecular complexity index is 93.3. The fraction of sp³-hybridized carbons (Fsp3) is 0.750. The molecule has 0 bridgehead atoms. The molecule has 0 rings (SSSR count). The molecule has 10 heavy (non-hydrogen) atoms. The van der Waals surface area contributed by atoms with Gasteiger partial charge in [-0.3, -0.25) is 0 Å². The summed E-state index contributed by atoms with van der Waals surface area (Å²) in [7, 11) is 1.98. The molecule has 0 N–H and O–H groups in total. The lowest BCUT2D eigenvalue weighted by Crippen LogP contribution is -2.20. The van der Waals surface area contributed by atoms with Crippen LogP contribution in [0.3, 0.4) is 0 Å². The van der Waals surface area contributed by atoms with Crippen molar-refractivity contribution >= 4 is 0 Å². The average Bonchev–Trinajstić information content (AvgIpc) is 1.99. The lowest BCUT2D eigenvalue weighted by atomic mass is 10.2. The minimum Gasteiger partial charge on any atom is -0.307 e. The molecule has 0 amide bonds. The quantitative estimate of drug-likeness (QED) is 0.534. The van der Waals surface area contributed by atoms with Crippen molar-refractivity contribution in [2.75, 3.05) is 20.1 Å². The summed E-state index contributed by atoms with van der Waals surface area (Å²) in [6, 6.07) is 0. The second-order valence-corrected chi connectivity index (χ2v) is 2.44. The van der Waals surface area contributed by atoms with Gasteiger partial charge in [0.15, 0.2) is 0 Å². The fourth-order valence-corrected chi connectivity index (χ4v) is 0.620. The molecule has 0 aromatic heterocycles. The van der Waals surface area contributed by atoms with E-state index in [2.05, 4.69) is 18.4 Å². The molecule has 0 heterocycles. The molecule has 1 unspecified atom stereocenters. The minimum atomic E-state index is -0.839. The van der Waals surface area contributed by atoms with E-state index in [0.29, 0.717) is 6.42 Å². The van der Waals surface area contributed by atoms with Gasteiger partial charge in [-0.05, 0) is 20.0 Å². The summed E-state index contributed by atoms with van der Waals surface area (Å²) in [5.41, 5.74) is 0. The normalized spacial score (nSPS) is 13.6. The predicted molar refractivity (Wildman–Crippen MR) is 42.9 cm³/mol. The first-order valence-corrected chi connectivity index (χ1v) is 3.65. The van der Waals surface area contributed by atoms with Crippen molar-refractivity contribution in [2.24, 2.45) is 0 Å². The Hall–Kier alpha value is -0.370. The van der Waals surface area contributed by atoms with Crippen LogP contribution in [0.25, 0.3) is 0 Å². The van der Waals surface area contributed by atoms with Gasteiger partial charge in [0, 0.05) is 6.54 Å². The van der Waals surface area contributed by atoms with Crippen LogP contribution in [0.4, 0.5) is 4.39 Å². The first kappa shape index (κ1) is 9.63. The maximum Gasteiger partial charge on any atom is 0.119 e. The molecule has 0 aromatic carbocycles. The van der Waals surface area contributed by atoms with Crippen LogP contribution in [0.1, 0.15) is 13.3 Å². The Morgan fingerprint density at radius 1 is 1.70 bits per heavy atom. The van der Waals surface area contributed by atoms with Crippen molar-refractivity contribution in [3.05, 3.63) is 12.7 Å². The summed E-state index contributed by atoms with van der Waals surface area (Å²) in [5, 5.41) is 0. The van der Waals surface area contributed by atoms with Crippen LogP contribution in [0.5, 0.6) is 0 Å². The summed E-state index contributed by atoms with van der Waals surface area (Å²) in [5.74, 6) is 0. The van der Waals surface area contributed by atoms with Gasteiger partial charge in [-0.25, -0.2) is 4.39 Å². The van der Waals surface area contributed by atoms with E-state index in [4.69, 9.17) is 0 Å². The van der Waals surface area contributed by atoms with E-state index in [1.54, 1.807) is 0 Å². The molecule has 0 spiro atoms. The van der Waals surface area contributed by atoms with Gasteiger partial charge < -0.3 is 4.90 Å². The van der Waals surface area contributed by atoms with E-state index in [-0.39, 0.29) is 0 Å². The highest BCUT2D eigenvalue weighted by Crippen LogP contribution is 1.99. The van der Waals surface area contributed by atoms with Crippen LogP contribution >= 0.6 is 0 Å². The van der Waals surface area contributed by atoms with Crippen molar-refractivity contribution in [1.29, 1.82) is 0 Å². The molecule has 60 valence electrons. The van der Waals surface area contributed by atoms with Crippen molar-refractivity contribution in [1.82, 2.24) is 4.90 Å². The highest BCUT2D eigenvalue weighted by atomic mass is 19.1. The van der Waals surface area contributed by atoms with Crippen LogP contribution in [0.2, 0.25) is 0 Å². The third-order valence-electron chi connectivity index (χ3n) is 1.58. The third kappa shape index (κ3) is 4.50. The highest BCUT2D eigenvalue weighted by molar-refractivity contribution is 4.78. The average molecular weight is 145 g/mol. The van der Waals surface area contributed by atoms with Crippen molar-refractivity contribution in [3.63, 3.8) is 0 Å². The zero-order valence-corrected chi connectivity index (χ0v) is 6.81. The largest absolute Gasteiger partial charge is 0.307 e. The van der Waals surface area contributed by atoms with Crippen LogP contribution < -0.4 is 0 Å². The van der Waals surface area contributed by atoms with Gasteiger partial charge in [-0.1, -0.05) is 13.0 Å². The number of alkyl halides is 1. The van der Waals surface area contributed by atoms with Crippen LogP contribution in [-0.2, 0) is 0 Å². The molecule has 0 aliphatic rings. The summed E-state index contributed by atoms with van der Waals surface area (Å²) in [6.45, 7) is 7.21. The summed E-state index contributed by atoms with van der Waals surface area (Å²) < 4.78 is 12.5. The third-order valence-corrected chi connectivity index (χ3v) is 1.58. The number of nitrogens with zero attached hydrogens (tertiary/aromatic N) is 1. The zero-order valence-electron chi connectivity index (χ0n) is 6.81. The first-order valence-electron chi connectivity index (χ1n) is 3.65. The van der Waals surface area contributed by atoms with Crippen molar-refractivity contribution in [3.8, 4) is 0 Å². The van der Waals surface area contributed by atoms with Gasteiger partial charge in [-0.2, -0.15) is 0 Å². The number of rotatable bonds is 5. The van der Waals surface area contributed by atoms with E-state index in [0.717, 1.165) is 13.1 Å². The van der Waals surface area contributed by atoms with E-state index >= 15 is 0 Å². The van der Waals surface area contributed by atoms with Gasteiger partial charge in [0.1, 0.15) is 6.17 Å². The molecule has 0 aromatic rings. The molecule has 1 nitrogen and oxygen atoms in total. The number of hydrogen-bond donors (Lipinski definition) is 0. The number of allylic oxidation sites excluding steroid dienone is 1. The van der Waals surface area contributed by atoms with E-state index < -0.39 is 6.17 Å². The molecule has 0 saturated carbocycles. The fourth-order valence-electron chi connectivity index (χ4n) is 0.620. The van der Waals surface area contributed by atoms with Crippen LogP contribution in [0.15, 0.2) is 12.7 Å². The molecular formula is C8H16FN. The lowest BCUT2D eigenvalue weighted by molar-refractivity contribution is 0.291. The lowest BCUT2D eigenvalue weighted by Gasteiger charge is -2.13. The first-order chi connectivity index (χ1) is 4.70. The minimum absolute atomic E-state index is 0.563. The van der Waals surface area contributed by atoms with Crippen molar-refractivity contribution in [2.45, 2.75) is 19.5 Å². The van der Waals surface area contributed by atoms with Crippen molar-refractivity contribution < 1.29 is 4.39 Å². The van der Waals surface area contributed by atoms with Gasteiger partial charge in [-0.15, -0.1) is 6.58 Å². The molecule has 1 atom stereocenters. The molecular weight excluding hydrogens is 129 g/mol. The number of halogens is 1. The maximum absolute atomic E-state index is 12.5.